The lowest BCUT2D eigenvalue weighted by molar-refractivity contribution is -0.122. The number of hydrogen-bond donors (Lipinski definition) is 2. The molecule has 0 radical (unpaired) electrons. The van der Waals surface area contributed by atoms with E-state index in [1.165, 1.54) is 16.8 Å². The van der Waals surface area contributed by atoms with E-state index in [0.29, 0.717) is 5.92 Å². The van der Waals surface area contributed by atoms with Crippen molar-refractivity contribution in [2.24, 2.45) is 0 Å². The predicted octanol–water partition coefficient (Wildman–Crippen LogP) is 1.14. The molecule has 2 aromatic rings. The molecule has 1 aliphatic rings. The Morgan fingerprint density at radius 2 is 2.23 bits per heavy atom. The SMILES string of the molecule is O=C(Cn1cc(C2CC2)nn1)NCC(O)c1ccccc1F. The van der Waals surface area contributed by atoms with Gasteiger partial charge in [-0.3, -0.25) is 4.79 Å². The quantitative estimate of drug-likeness (QED) is 0.839. The molecule has 1 aliphatic carbocycles. The number of carbonyl (C=O) groups is 1. The zero-order valence-corrected chi connectivity index (χ0v) is 11.9. The highest BCUT2D eigenvalue weighted by molar-refractivity contribution is 5.75. The smallest absolute Gasteiger partial charge is 0.241 e. The molecule has 1 fully saturated rings. The van der Waals surface area contributed by atoms with Crippen molar-refractivity contribution in [1.29, 1.82) is 0 Å². The first-order valence-electron chi connectivity index (χ1n) is 7.22. The number of hydrogen-bond acceptors (Lipinski definition) is 4. The van der Waals surface area contributed by atoms with Crippen molar-refractivity contribution in [1.82, 2.24) is 20.3 Å². The van der Waals surface area contributed by atoms with Crippen LogP contribution in [0.3, 0.4) is 0 Å². The van der Waals surface area contributed by atoms with Gasteiger partial charge in [0.05, 0.1) is 11.8 Å². The lowest BCUT2D eigenvalue weighted by atomic mass is 10.1. The zero-order valence-electron chi connectivity index (χ0n) is 11.9. The third-order valence-corrected chi connectivity index (χ3v) is 3.61. The summed E-state index contributed by atoms with van der Waals surface area (Å²) in [6.45, 7) is -0.0202. The Bertz CT molecular complexity index is 669. The molecule has 0 aliphatic heterocycles. The molecule has 22 heavy (non-hydrogen) atoms. The molecule has 0 saturated heterocycles. The van der Waals surface area contributed by atoms with Crippen LogP contribution in [0, 0.1) is 5.82 Å². The van der Waals surface area contributed by atoms with Crippen molar-refractivity contribution in [3.63, 3.8) is 0 Å². The van der Waals surface area contributed by atoms with E-state index in [9.17, 15) is 14.3 Å². The van der Waals surface area contributed by atoms with Crippen LogP contribution in [-0.4, -0.2) is 32.6 Å². The molecule has 1 saturated carbocycles. The molecule has 6 nitrogen and oxygen atoms in total. The molecule has 1 amide bonds. The van der Waals surface area contributed by atoms with Gasteiger partial charge in [0.15, 0.2) is 0 Å². The van der Waals surface area contributed by atoms with E-state index in [0.717, 1.165) is 18.5 Å². The van der Waals surface area contributed by atoms with Crippen LogP contribution in [0.4, 0.5) is 4.39 Å². The number of amides is 1. The highest BCUT2D eigenvalue weighted by Crippen LogP contribution is 2.38. The Hall–Kier alpha value is -2.28. The number of benzene rings is 1. The molecule has 7 heteroatoms. The summed E-state index contributed by atoms with van der Waals surface area (Å²) in [5, 5.41) is 20.4. The fourth-order valence-electron chi connectivity index (χ4n) is 2.23. The van der Waals surface area contributed by atoms with Crippen molar-refractivity contribution in [2.75, 3.05) is 6.54 Å². The molecule has 116 valence electrons. The van der Waals surface area contributed by atoms with E-state index in [4.69, 9.17) is 0 Å². The normalized spacial score (nSPS) is 15.5. The second-order valence-electron chi connectivity index (χ2n) is 5.46. The average Bonchev–Trinajstić information content (AvgIpc) is 3.26. The molecule has 0 bridgehead atoms. The average molecular weight is 304 g/mol. The van der Waals surface area contributed by atoms with Crippen molar-refractivity contribution in [2.45, 2.75) is 31.4 Å². The molecule has 0 spiro atoms. The minimum atomic E-state index is -1.08. The van der Waals surface area contributed by atoms with Crippen LogP contribution in [0.15, 0.2) is 30.5 Å². The molecule has 2 N–H and O–H groups in total. The Balaban J connectivity index is 1.50. The van der Waals surface area contributed by atoms with Crippen LogP contribution in [0.5, 0.6) is 0 Å². The fraction of sp³-hybridized carbons (Fsp3) is 0.400. The monoisotopic (exact) mass is 304 g/mol. The van der Waals surface area contributed by atoms with Gasteiger partial charge in [-0.15, -0.1) is 5.10 Å². The van der Waals surface area contributed by atoms with Gasteiger partial charge in [-0.2, -0.15) is 0 Å². The standard InChI is InChI=1S/C15H17FN4O2/c16-12-4-2-1-3-11(12)14(21)7-17-15(22)9-20-8-13(18-19-20)10-5-6-10/h1-4,8,10,14,21H,5-7,9H2,(H,17,22). The fourth-order valence-corrected chi connectivity index (χ4v) is 2.23. The summed E-state index contributed by atoms with van der Waals surface area (Å²) in [4.78, 5) is 11.8. The maximum absolute atomic E-state index is 13.5. The summed E-state index contributed by atoms with van der Waals surface area (Å²) in [7, 11) is 0. The Kier molecular flexibility index (Phi) is 4.15. The Labute approximate surface area is 127 Å². The molecule has 1 unspecified atom stereocenters. The molecule has 1 aromatic heterocycles. The zero-order chi connectivity index (χ0) is 15.5. The molecular formula is C15H17FN4O2. The van der Waals surface area contributed by atoms with E-state index in [2.05, 4.69) is 15.6 Å². The van der Waals surface area contributed by atoms with Crippen LogP contribution < -0.4 is 5.32 Å². The summed E-state index contributed by atoms with van der Waals surface area (Å²) >= 11 is 0. The molecular weight excluding hydrogens is 287 g/mol. The van der Waals surface area contributed by atoms with Gasteiger partial charge < -0.3 is 10.4 Å². The minimum Gasteiger partial charge on any atom is -0.386 e. The van der Waals surface area contributed by atoms with Gasteiger partial charge in [0, 0.05) is 24.2 Å². The van der Waals surface area contributed by atoms with Gasteiger partial charge >= 0.3 is 0 Å². The number of aromatic nitrogens is 3. The molecule has 1 atom stereocenters. The molecule has 3 rings (SSSR count). The summed E-state index contributed by atoms with van der Waals surface area (Å²) in [6.07, 6.45) is 2.94. The summed E-state index contributed by atoms with van der Waals surface area (Å²) in [6, 6.07) is 5.95. The van der Waals surface area contributed by atoms with E-state index >= 15 is 0 Å². The van der Waals surface area contributed by atoms with E-state index in [1.807, 2.05) is 0 Å². The number of aliphatic hydroxyl groups is 1. The second-order valence-corrected chi connectivity index (χ2v) is 5.46. The van der Waals surface area contributed by atoms with Crippen molar-refractivity contribution < 1.29 is 14.3 Å². The molecule has 1 aromatic carbocycles. The lowest BCUT2D eigenvalue weighted by Gasteiger charge is -2.12. The van der Waals surface area contributed by atoms with Gasteiger partial charge in [-0.05, 0) is 18.9 Å². The van der Waals surface area contributed by atoms with Crippen molar-refractivity contribution >= 4 is 5.91 Å². The van der Waals surface area contributed by atoms with Crippen LogP contribution >= 0.6 is 0 Å². The number of carbonyl (C=O) groups excluding carboxylic acids is 1. The van der Waals surface area contributed by atoms with Crippen molar-refractivity contribution in [3.05, 3.63) is 47.5 Å². The van der Waals surface area contributed by atoms with E-state index < -0.39 is 11.9 Å². The van der Waals surface area contributed by atoms with Gasteiger partial charge in [-0.1, -0.05) is 23.4 Å². The highest BCUT2D eigenvalue weighted by atomic mass is 19.1. The second kappa shape index (κ2) is 6.23. The largest absolute Gasteiger partial charge is 0.386 e. The number of nitrogens with one attached hydrogen (secondary N) is 1. The number of rotatable bonds is 6. The van der Waals surface area contributed by atoms with E-state index in [-0.39, 0.29) is 24.6 Å². The van der Waals surface area contributed by atoms with Gasteiger partial charge in [0.1, 0.15) is 12.4 Å². The van der Waals surface area contributed by atoms with Crippen LogP contribution in [0.25, 0.3) is 0 Å². The number of nitrogens with zero attached hydrogens (tertiary/aromatic N) is 3. The van der Waals surface area contributed by atoms with E-state index in [1.54, 1.807) is 18.3 Å². The van der Waals surface area contributed by atoms with Crippen molar-refractivity contribution in [3.8, 4) is 0 Å². The van der Waals surface area contributed by atoms with Gasteiger partial charge in [0.25, 0.3) is 0 Å². The summed E-state index contributed by atoms with van der Waals surface area (Å²) in [5.41, 5.74) is 1.08. The number of halogens is 1. The third-order valence-electron chi connectivity index (χ3n) is 3.61. The maximum Gasteiger partial charge on any atom is 0.241 e. The van der Waals surface area contributed by atoms with Crippen LogP contribution in [0.2, 0.25) is 0 Å². The first-order valence-corrected chi connectivity index (χ1v) is 7.22. The van der Waals surface area contributed by atoms with Gasteiger partial charge in [0.2, 0.25) is 5.91 Å². The lowest BCUT2D eigenvalue weighted by Crippen LogP contribution is -2.31. The van der Waals surface area contributed by atoms with Crippen LogP contribution in [0.1, 0.15) is 36.1 Å². The van der Waals surface area contributed by atoms with Gasteiger partial charge in [-0.25, -0.2) is 9.07 Å². The molecule has 1 heterocycles. The third kappa shape index (κ3) is 3.48. The Morgan fingerprint density at radius 3 is 2.95 bits per heavy atom. The summed E-state index contributed by atoms with van der Waals surface area (Å²) in [5.74, 6) is -0.308. The predicted molar refractivity (Wildman–Crippen MR) is 76.4 cm³/mol. The maximum atomic E-state index is 13.5. The van der Waals surface area contributed by atoms with Crippen LogP contribution in [-0.2, 0) is 11.3 Å². The first-order chi connectivity index (χ1) is 10.6. The minimum absolute atomic E-state index is 0.0315. The Morgan fingerprint density at radius 1 is 1.45 bits per heavy atom. The first kappa shape index (κ1) is 14.6. The summed E-state index contributed by atoms with van der Waals surface area (Å²) < 4.78 is 15.0. The highest BCUT2D eigenvalue weighted by Gasteiger charge is 2.26. The topological polar surface area (TPSA) is 80.0 Å². The number of aliphatic hydroxyl groups excluding tert-OH is 1.